The molecule has 0 aliphatic carbocycles. The molecule has 1 N–H and O–H groups in total. The molecule has 0 aliphatic rings. The molecule has 0 aliphatic heterocycles. The van der Waals surface area contributed by atoms with E-state index in [9.17, 15) is 4.79 Å². The van der Waals surface area contributed by atoms with Gasteiger partial charge in [0.15, 0.2) is 5.76 Å². The van der Waals surface area contributed by atoms with Crippen LogP contribution in [0.5, 0.6) is 5.75 Å². The van der Waals surface area contributed by atoms with Crippen LogP contribution in [0.25, 0.3) is 11.0 Å². The molecule has 32 heavy (non-hydrogen) atoms. The summed E-state index contributed by atoms with van der Waals surface area (Å²) in [6.45, 7) is 0.458. The lowest BCUT2D eigenvalue weighted by Gasteiger charge is -2.09. The van der Waals surface area contributed by atoms with Gasteiger partial charge in [-0.3, -0.25) is 4.79 Å². The van der Waals surface area contributed by atoms with Crippen molar-refractivity contribution >= 4 is 86.8 Å². The minimum absolute atomic E-state index is 0.175. The van der Waals surface area contributed by atoms with E-state index in [1.54, 1.807) is 12.3 Å². The van der Waals surface area contributed by atoms with E-state index in [0.717, 1.165) is 34.4 Å². The Bertz CT molecular complexity index is 1320. The summed E-state index contributed by atoms with van der Waals surface area (Å²) < 4.78 is 15.0. The molecule has 0 unspecified atom stereocenters. The van der Waals surface area contributed by atoms with Crippen molar-refractivity contribution in [3.63, 3.8) is 0 Å². The number of benzene rings is 3. The molecule has 0 saturated heterocycles. The van der Waals surface area contributed by atoms with Gasteiger partial charge in [-0.15, -0.1) is 0 Å². The molecule has 1 aromatic heterocycles. The Kier molecular flexibility index (Phi) is 7.50. The lowest BCUT2D eigenvalue weighted by atomic mass is 10.2. The summed E-state index contributed by atoms with van der Waals surface area (Å²) in [5, 5.41) is 4.84. The van der Waals surface area contributed by atoms with E-state index >= 15 is 0 Å². The van der Waals surface area contributed by atoms with Crippen molar-refractivity contribution in [1.29, 1.82) is 0 Å². The van der Waals surface area contributed by atoms with Crippen LogP contribution in [0.3, 0.4) is 0 Å². The third-order valence-corrected chi connectivity index (χ3v) is 6.60. The average molecular weight is 686 g/mol. The first-order chi connectivity index (χ1) is 15.4. The van der Waals surface area contributed by atoms with Crippen molar-refractivity contribution in [3.05, 3.63) is 95.4 Å². The lowest BCUT2D eigenvalue weighted by Crippen LogP contribution is -2.16. The second kappa shape index (κ2) is 10.3. The molecule has 9 heteroatoms. The lowest BCUT2D eigenvalue weighted by molar-refractivity contribution is 0.0929. The Morgan fingerprint density at radius 3 is 2.47 bits per heavy atom. The normalized spacial score (nSPS) is 11.2. The SMILES string of the molecule is O=C(N/N=C\c1ccc(OCc2ccc(Br)cc2)c(Br)c1)c1cc2cc(Br)cc(Br)c2o1. The minimum Gasteiger partial charge on any atom is -0.488 e. The standard InChI is InChI=1S/C23H14Br4N2O3/c24-16-4-1-13(2-5-16)12-31-20-6-3-14(7-18(20)26)11-28-29-23(30)21-9-15-8-17(25)10-19(27)22(15)32-21/h1-11H,12H2,(H,29,30)/b28-11-. The molecule has 5 nitrogen and oxygen atoms in total. The Labute approximate surface area is 217 Å². The molecule has 4 rings (SSSR count). The third-order valence-electron chi connectivity index (χ3n) is 4.40. The van der Waals surface area contributed by atoms with Gasteiger partial charge in [0.2, 0.25) is 0 Å². The predicted molar refractivity (Wildman–Crippen MR) is 139 cm³/mol. The van der Waals surface area contributed by atoms with Crippen LogP contribution in [0, 0.1) is 0 Å². The quantitative estimate of drug-likeness (QED) is 0.166. The number of amides is 1. The number of hydrogen-bond acceptors (Lipinski definition) is 4. The highest BCUT2D eigenvalue weighted by atomic mass is 79.9. The molecule has 0 fully saturated rings. The van der Waals surface area contributed by atoms with Gasteiger partial charge in [0, 0.05) is 14.3 Å². The van der Waals surface area contributed by atoms with Gasteiger partial charge in [-0.05, 0) is 91.5 Å². The molecule has 162 valence electrons. The van der Waals surface area contributed by atoms with Crippen molar-refractivity contribution in [2.75, 3.05) is 0 Å². The van der Waals surface area contributed by atoms with Gasteiger partial charge < -0.3 is 9.15 Å². The zero-order valence-electron chi connectivity index (χ0n) is 16.2. The monoisotopic (exact) mass is 682 g/mol. The zero-order valence-corrected chi connectivity index (χ0v) is 22.6. The first-order valence-electron chi connectivity index (χ1n) is 9.28. The van der Waals surface area contributed by atoms with Gasteiger partial charge in [0.05, 0.1) is 15.2 Å². The van der Waals surface area contributed by atoms with Crippen LogP contribution in [0.15, 0.2) is 88.1 Å². The molecule has 0 bridgehead atoms. The molecular weight excluding hydrogens is 672 g/mol. The van der Waals surface area contributed by atoms with Crippen LogP contribution in [-0.4, -0.2) is 12.1 Å². The topological polar surface area (TPSA) is 63.8 Å². The largest absolute Gasteiger partial charge is 0.488 e. The first kappa shape index (κ1) is 23.2. The van der Waals surface area contributed by atoms with Gasteiger partial charge in [-0.25, -0.2) is 5.43 Å². The summed E-state index contributed by atoms with van der Waals surface area (Å²) in [5.41, 5.74) is 4.95. The highest BCUT2D eigenvalue weighted by Gasteiger charge is 2.14. The number of ether oxygens (including phenoxy) is 1. The predicted octanol–water partition coefficient (Wildman–Crippen LogP) is 7.83. The molecule has 4 aromatic rings. The average Bonchev–Trinajstić information content (AvgIpc) is 3.19. The molecule has 1 amide bonds. The second-order valence-corrected chi connectivity index (χ2v) is 10.3. The van der Waals surface area contributed by atoms with Crippen LogP contribution in [0.1, 0.15) is 21.7 Å². The summed E-state index contributed by atoms with van der Waals surface area (Å²) in [7, 11) is 0. The molecule has 0 radical (unpaired) electrons. The smallest absolute Gasteiger partial charge is 0.307 e. The van der Waals surface area contributed by atoms with Crippen molar-refractivity contribution in [2.24, 2.45) is 5.10 Å². The molecule has 0 atom stereocenters. The van der Waals surface area contributed by atoms with Crippen LogP contribution in [0.4, 0.5) is 0 Å². The van der Waals surface area contributed by atoms with Gasteiger partial charge in [0.25, 0.3) is 0 Å². The first-order valence-corrected chi connectivity index (χ1v) is 12.4. The van der Waals surface area contributed by atoms with E-state index in [4.69, 9.17) is 9.15 Å². The molecule has 1 heterocycles. The van der Waals surface area contributed by atoms with Crippen molar-refractivity contribution in [2.45, 2.75) is 6.61 Å². The van der Waals surface area contributed by atoms with Crippen molar-refractivity contribution < 1.29 is 13.9 Å². The summed E-state index contributed by atoms with van der Waals surface area (Å²) >= 11 is 13.8. The number of carbonyl (C=O) groups excluding carboxylic acids is 1. The van der Waals surface area contributed by atoms with Crippen LogP contribution < -0.4 is 10.2 Å². The number of halogens is 4. The number of rotatable bonds is 6. The summed E-state index contributed by atoms with van der Waals surface area (Å²) in [6, 6.07) is 18.9. The highest BCUT2D eigenvalue weighted by molar-refractivity contribution is 9.11. The zero-order chi connectivity index (χ0) is 22.7. The summed E-state index contributed by atoms with van der Waals surface area (Å²) in [6.07, 6.45) is 1.55. The van der Waals surface area contributed by atoms with Gasteiger partial charge in [-0.1, -0.05) is 44.0 Å². The third kappa shape index (κ3) is 5.70. The minimum atomic E-state index is -0.436. The number of furan rings is 1. The maximum atomic E-state index is 12.4. The molecule has 0 saturated carbocycles. The Balaban J connectivity index is 1.38. The highest BCUT2D eigenvalue weighted by Crippen LogP contribution is 2.31. The Morgan fingerprint density at radius 2 is 1.72 bits per heavy atom. The van der Waals surface area contributed by atoms with E-state index in [1.807, 2.05) is 54.6 Å². The number of nitrogens with one attached hydrogen (secondary N) is 1. The Hall–Kier alpha value is -1.94. The maximum absolute atomic E-state index is 12.4. The van der Waals surface area contributed by atoms with Gasteiger partial charge in [0.1, 0.15) is 17.9 Å². The van der Waals surface area contributed by atoms with Crippen molar-refractivity contribution in [3.8, 4) is 5.75 Å². The van der Waals surface area contributed by atoms with E-state index in [2.05, 4.69) is 74.2 Å². The summed E-state index contributed by atoms with van der Waals surface area (Å²) in [4.78, 5) is 12.4. The molecule has 0 spiro atoms. The van der Waals surface area contributed by atoms with E-state index in [1.165, 1.54) is 0 Å². The number of carbonyl (C=O) groups is 1. The van der Waals surface area contributed by atoms with E-state index in [-0.39, 0.29) is 5.76 Å². The molecular formula is C23H14Br4N2O3. The van der Waals surface area contributed by atoms with Crippen LogP contribution >= 0.6 is 63.7 Å². The van der Waals surface area contributed by atoms with Crippen molar-refractivity contribution in [1.82, 2.24) is 5.43 Å². The van der Waals surface area contributed by atoms with Gasteiger partial charge >= 0.3 is 5.91 Å². The second-order valence-electron chi connectivity index (χ2n) is 6.72. The Morgan fingerprint density at radius 1 is 0.938 bits per heavy atom. The van der Waals surface area contributed by atoms with Crippen LogP contribution in [0.2, 0.25) is 0 Å². The van der Waals surface area contributed by atoms with E-state index < -0.39 is 5.91 Å². The van der Waals surface area contributed by atoms with Crippen LogP contribution in [-0.2, 0) is 6.61 Å². The fourth-order valence-corrected chi connectivity index (χ4v) is 4.98. The fraction of sp³-hybridized carbons (Fsp3) is 0.0435. The fourth-order valence-electron chi connectivity index (χ4n) is 2.86. The van der Waals surface area contributed by atoms with Gasteiger partial charge in [-0.2, -0.15) is 5.10 Å². The number of hydrogen-bond donors (Lipinski definition) is 1. The number of fused-ring (bicyclic) bond motifs is 1. The summed E-state index contributed by atoms with van der Waals surface area (Å²) in [5.74, 6) is 0.455. The molecule has 3 aromatic carbocycles. The van der Waals surface area contributed by atoms with E-state index in [0.29, 0.717) is 17.9 Å². The number of hydrazone groups is 1. The number of nitrogens with zero attached hydrogens (tertiary/aromatic N) is 1. The maximum Gasteiger partial charge on any atom is 0.307 e.